The lowest BCUT2D eigenvalue weighted by Crippen LogP contribution is -2.12. The lowest BCUT2D eigenvalue weighted by atomic mass is 10.1. The van der Waals surface area contributed by atoms with Crippen LogP contribution in [-0.4, -0.2) is 15.7 Å². The minimum Gasteiger partial charge on any atom is -0.319 e. The zero-order valence-electron chi connectivity index (χ0n) is 11.7. The molecule has 0 unspecified atom stereocenters. The van der Waals surface area contributed by atoms with Gasteiger partial charge in [0.2, 0.25) is 0 Å². The average Bonchev–Trinajstić information content (AvgIpc) is 2.89. The molecular formula is C17H15N3O. The van der Waals surface area contributed by atoms with Gasteiger partial charge in [-0.1, -0.05) is 48.5 Å². The van der Waals surface area contributed by atoms with E-state index < -0.39 is 0 Å². The number of carbonyl (C=O) groups is 1. The number of rotatable bonds is 3. The number of aromatic nitrogens is 2. The van der Waals surface area contributed by atoms with Crippen molar-refractivity contribution in [2.45, 2.75) is 0 Å². The standard InChI is InChI=1S/C17H15N3O/c1-20-16(13-8-4-2-5-9-13)15(12-18-20)19-17(21)14-10-6-3-7-11-14/h2-12H,1H3,(H,19,21). The number of nitrogens with one attached hydrogen (secondary N) is 1. The quantitative estimate of drug-likeness (QED) is 0.798. The number of anilines is 1. The minimum atomic E-state index is -0.138. The van der Waals surface area contributed by atoms with E-state index in [9.17, 15) is 4.79 Å². The third-order valence-electron chi connectivity index (χ3n) is 3.27. The first-order valence-electron chi connectivity index (χ1n) is 6.69. The summed E-state index contributed by atoms with van der Waals surface area (Å²) < 4.78 is 1.76. The van der Waals surface area contributed by atoms with Crippen molar-refractivity contribution in [1.29, 1.82) is 0 Å². The van der Waals surface area contributed by atoms with Gasteiger partial charge in [-0.3, -0.25) is 9.48 Å². The SMILES string of the molecule is Cn1ncc(NC(=O)c2ccccc2)c1-c1ccccc1. The molecule has 0 saturated carbocycles. The van der Waals surface area contributed by atoms with Gasteiger partial charge in [0.15, 0.2) is 0 Å². The molecule has 0 bridgehead atoms. The highest BCUT2D eigenvalue weighted by Gasteiger charge is 2.14. The van der Waals surface area contributed by atoms with Gasteiger partial charge in [0, 0.05) is 18.2 Å². The molecule has 0 aliphatic heterocycles. The van der Waals surface area contributed by atoms with Crippen LogP contribution in [0.5, 0.6) is 0 Å². The summed E-state index contributed by atoms with van der Waals surface area (Å²) in [7, 11) is 1.86. The summed E-state index contributed by atoms with van der Waals surface area (Å²) in [5.41, 5.74) is 3.23. The average molecular weight is 277 g/mol. The smallest absolute Gasteiger partial charge is 0.255 e. The second-order valence-corrected chi connectivity index (χ2v) is 4.72. The molecule has 4 heteroatoms. The number of nitrogens with zero attached hydrogens (tertiary/aromatic N) is 2. The second-order valence-electron chi connectivity index (χ2n) is 4.72. The van der Waals surface area contributed by atoms with Gasteiger partial charge in [-0.05, 0) is 12.1 Å². The van der Waals surface area contributed by atoms with Crippen molar-refractivity contribution in [2.24, 2.45) is 7.05 Å². The first-order valence-corrected chi connectivity index (χ1v) is 6.69. The molecule has 0 atom stereocenters. The molecule has 4 nitrogen and oxygen atoms in total. The van der Waals surface area contributed by atoms with Crippen LogP contribution in [0.2, 0.25) is 0 Å². The van der Waals surface area contributed by atoms with Crippen LogP contribution in [0.25, 0.3) is 11.3 Å². The van der Waals surface area contributed by atoms with Crippen molar-refractivity contribution in [3.05, 3.63) is 72.4 Å². The van der Waals surface area contributed by atoms with E-state index in [1.54, 1.807) is 23.0 Å². The van der Waals surface area contributed by atoms with Gasteiger partial charge in [0.25, 0.3) is 5.91 Å². The van der Waals surface area contributed by atoms with Gasteiger partial charge < -0.3 is 5.32 Å². The number of carbonyl (C=O) groups excluding carboxylic acids is 1. The summed E-state index contributed by atoms with van der Waals surface area (Å²) >= 11 is 0. The van der Waals surface area contributed by atoms with Crippen LogP contribution in [-0.2, 0) is 7.05 Å². The maximum absolute atomic E-state index is 12.3. The predicted octanol–water partition coefficient (Wildman–Crippen LogP) is 3.34. The Morgan fingerprint density at radius 2 is 1.62 bits per heavy atom. The zero-order valence-corrected chi connectivity index (χ0v) is 11.7. The Morgan fingerprint density at radius 3 is 2.29 bits per heavy atom. The van der Waals surface area contributed by atoms with Crippen molar-refractivity contribution >= 4 is 11.6 Å². The lowest BCUT2D eigenvalue weighted by Gasteiger charge is -2.08. The highest BCUT2D eigenvalue weighted by molar-refractivity contribution is 6.05. The molecule has 104 valence electrons. The molecule has 1 N–H and O–H groups in total. The summed E-state index contributed by atoms with van der Waals surface area (Å²) in [5, 5.41) is 7.17. The minimum absolute atomic E-state index is 0.138. The molecule has 1 amide bonds. The van der Waals surface area contributed by atoms with Crippen molar-refractivity contribution in [1.82, 2.24) is 9.78 Å². The summed E-state index contributed by atoms with van der Waals surface area (Å²) in [5.74, 6) is -0.138. The van der Waals surface area contributed by atoms with Crippen molar-refractivity contribution in [3.63, 3.8) is 0 Å². The van der Waals surface area contributed by atoms with E-state index in [1.807, 2.05) is 55.6 Å². The third-order valence-corrected chi connectivity index (χ3v) is 3.27. The number of amides is 1. The number of hydrogen-bond donors (Lipinski definition) is 1. The van der Waals surface area contributed by atoms with E-state index in [2.05, 4.69) is 10.4 Å². The third kappa shape index (κ3) is 2.69. The molecule has 21 heavy (non-hydrogen) atoms. The Kier molecular flexibility index (Phi) is 3.51. The van der Waals surface area contributed by atoms with E-state index >= 15 is 0 Å². The van der Waals surface area contributed by atoms with Crippen molar-refractivity contribution < 1.29 is 4.79 Å². The second kappa shape index (κ2) is 5.63. The normalized spacial score (nSPS) is 10.3. The first kappa shape index (κ1) is 13.1. The van der Waals surface area contributed by atoms with Gasteiger partial charge >= 0.3 is 0 Å². The van der Waals surface area contributed by atoms with Crippen LogP contribution >= 0.6 is 0 Å². The first-order chi connectivity index (χ1) is 10.3. The summed E-state index contributed by atoms with van der Waals surface area (Å²) in [6.07, 6.45) is 1.67. The maximum Gasteiger partial charge on any atom is 0.255 e. The topological polar surface area (TPSA) is 46.9 Å². The largest absolute Gasteiger partial charge is 0.319 e. The van der Waals surface area contributed by atoms with Gasteiger partial charge in [0.1, 0.15) is 0 Å². The molecule has 3 rings (SSSR count). The molecule has 1 aromatic heterocycles. The fourth-order valence-electron chi connectivity index (χ4n) is 2.25. The molecule has 0 radical (unpaired) electrons. The zero-order chi connectivity index (χ0) is 14.7. The Balaban J connectivity index is 1.93. The summed E-state index contributed by atoms with van der Waals surface area (Å²) in [6.45, 7) is 0. The molecule has 1 heterocycles. The fraction of sp³-hybridized carbons (Fsp3) is 0.0588. The van der Waals surface area contributed by atoms with E-state index in [0.717, 1.165) is 11.3 Å². The van der Waals surface area contributed by atoms with Crippen LogP contribution in [0.4, 0.5) is 5.69 Å². The van der Waals surface area contributed by atoms with Crippen LogP contribution in [0, 0.1) is 0 Å². The Bertz CT molecular complexity index is 748. The lowest BCUT2D eigenvalue weighted by molar-refractivity contribution is 0.102. The van der Waals surface area contributed by atoms with Gasteiger partial charge in [-0.25, -0.2) is 0 Å². The van der Waals surface area contributed by atoms with E-state index in [0.29, 0.717) is 11.3 Å². The highest BCUT2D eigenvalue weighted by atomic mass is 16.1. The summed E-state index contributed by atoms with van der Waals surface area (Å²) in [4.78, 5) is 12.3. The Morgan fingerprint density at radius 1 is 1.00 bits per heavy atom. The van der Waals surface area contributed by atoms with Gasteiger partial charge in [0.05, 0.1) is 17.6 Å². The Hall–Kier alpha value is -2.88. The fourth-order valence-corrected chi connectivity index (χ4v) is 2.25. The van der Waals surface area contributed by atoms with Crippen LogP contribution in [0.15, 0.2) is 66.9 Å². The molecule has 0 aliphatic carbocycles. The van der Waals surface area contributed by atoms with Crippen LogP contribution in [0.3, 0.4) is 0 Å². The predicted molar refractivity (Wildman–Crippen MR) is 83.0 cm³/mol. The van der Waals surface area contributed by atoms with Gasteiger partial charge in [-0.15, -0.1) is 0 Å². The molecular weight excluding hydrogens is 262 g/mol. The van der Waals surface area contributed by atoms with E-state index in [4.69, 9.17) is 0 Å². The maximum atomic E-state index is 12.3. The monoisotopic (exact) mass is 277 g/mol. The van der Waals surface area contributed by atoms with E-state index in [1.165, 1.54) is 0 Å². The number of hydrogen-bond acceptors (Lipinski definition) is 2. The molecule has 0 saturated heterocycles. The van der Waals surface area contributed by atoms with Crippen molar-refractivity contribution in [3.8, 4) is 11.3 Å². The molecule has 0 aliphatic rings. The number of benzene rings is 2. The van der Waals surface area contributed by atoms with E-state index in [-0.39, 0.29) is 5.91 Å². The Labute approximate surface area is 123 Å². The molecule has 2 aromatic carbocycles. The van der Waals surface area contributed by atoms with Crippen molar-refractivity contribution in [2.75, 3.05) is 5.32 Å². The molecule has 0 fully saturated rings. The van der Waals surface area contributed by atoms with Crippen LogP contribution in [0.1, 0.15) is 10.4 Å². The highest BCUT2D eigenvalue weighted by Crippen LogP contribution is 2.27. The summed E-state index contributed by atoms with van der Waals surface area (Å²) in [6, 6.07) is 19.0. The van der Waals surface area contributed by atoms with Crippen LogP contribution < -0.4 is 5.32 Å². The molecule has 3 aromatic rings. The molecule has 0 spiro atoms. The van der Waals surface area contributed by atoms with Gasteiger partial charge in [-0.2, -0.15) is 5.10 Å². The number of aryl methyl sites for hydroxylation is 1.